The predicted molar refractivity (Wildman–Crippen MR) is 106 cm³/mol. The Balaban J connectivity index is 1.56. The van der Waals surface area contributed by atoms with Gasteiger partial charge in [0.25, 0.3) is 5.91 Å². The lowest BCUT2D eigenvalue weighted by molar-refractivity contribution is -0.132. The van der Waals surface area contributed by atoms with Gasteiger partial charge in [0, 0.05) is 39.6 Å². The van der Waals surface area contributed by atoms with Crippen molar-refractivity contribution in [3.8, 4) is 0 Å². The maximum atomic E-state index is 14.0. The quantitative estimate of drug-likeness (QED) is 0.668. The molecule has 1 N–H and O–H groups in total. The molecular weight excluding hydrogens is 435 g/mol. The maximum absolute atomic E-state index is 14.0. The van der Waals surface area contributed by atoms with Crippen molar-refractivity contribution in [2.45, 2.75) is 31.8 Å². The molecule has 2 aromatic carbocycles. The first-order valence-electron chi connectivity index (χ1n) is 8.72. The highest BCUT2D eigenvalue weighted by molar-refractivity contribution is 9.10. The minimum atomic E-state index is -0.413. The number of nitrogens with zero attached hydrogens (tertiary/aromatic N) is 1. The molecule has 142 valence electrons. The number of amides is 2. The zero-order valence-electron chi connectivity index (χ0n) is 14.6. The molecule has 1 fully saturated rings. The lowest BCUT2D eigenvalue weighted by Gasteiger charge is -2.23. The van der Waals surface area contributed by atoms with Gasteiger partial charge in [-0.05, 0) is 49.2 Å². The van der Waals surface area contributed by atoms with E-state index in [2.05, 4.69) is 21.2 Å². The van der Waals surface area contributed by atoms with Crippen LogP contribution in [0.2, 0.25) is 5.02 Å². The van der Waals surface area contributed by atoms with Crippen molar-refractivity contribution in [3.05, 3.63) is 68.9 Å². The number of carbonyl (C=O) groups excluding carboxylic acids is 2. The van der Waals surface area contributed by atoms with Crippen LogP contribution < -0.4 is 5.32 Å². The predicted octanol–water partition coefficient (Wildman–Crippen LogP) is 4.55. The van der Waals surface area contributed by atoms with E-state index in [-0.39, 0.29) is 37.4 Å². The summed E-state index contributed by atoms with van der Waals surface area (Å²) in [5.41, 5.74) is 0.862. The molecule has 0 aliphatic heterocycles. The fourth-order valence-electron chi connectivity index (χ4n) is 2.79. The zero-order chi connectivity index (χ0) is 19.4. The first-order valence-corrected chi connectivity index (χ1v) is 9.89. The minimum absolute atomic E-state index is 0.118. The third-order valence-electron chi connectivity index (χ3n) is 4.43. The van der Waals surface area contributed by atoms with Crippen LogP contribution in [-0.2, 0) is 11.3 Å². The van der Waals surface area contributed by atoms with Crippen LogP contribution in [0, 0.1) is 5.82 Å². The number of rotatable bonds is 7. The molecule has 0 atom stereocenters. The Hall–Kier alpha value is -1.92. The van der Waals surface area contributed by atoms with Crippen LogP contribution in [0.4, 0.5) is 4.39 Å². The van der Waals surface area contributed by atoms with Crippen molar-refractivity contribution in [1.82, 2.24) is 10.2 Å². The molecule has 2 aromatic rings. The summed E-state index contributed by atoms with van der Waals surface area (Å²) in [5.74, 6) is -0.761. The maximum Gasteiger partial charge on any atom is 0.251 e. The molecule has 1 saturated carbocycles. The highest BCUT2D eigenvalue weighted by Gasteiger charge is 2.33. The standard InChI is InChI=1S/C20H19BrClFN2O2/c21-14-6-4-13(5-7-14)20(27)24-11-10-19(26)25(15-8-9-15)12-16-17(22)2-1-3-18(16)23/h1-7,15H,8-12H2,(H,24,27). The molecule has 27 heavy (non-hydrogen) atoms. The van der Waals surface area contributed by atoms with E-state index in [1.165, 1.54) is 6.07 Å². The number of carbonyl (C=O) groups is 2. The second-order valence-electron chi connectivity index (χ2n) is 6.47. The summed E-state index contributed by atoms with van der Waals surface area (Å²) in [6, 6.07) is 11.6. The van der Waals surface area contributed by atoms with Crippen LogP contribution in [0.5, 0.6) is 0 Å². The van der Waals surface area contributed by atoms with Crippen LogP contribution in [0.25, 0.3) is 0 Å². The molecule has 0 spiro atoms. The van der Waals surface area contributed by atoms with Gasteiger partial charge in [0.1, 0.15) is 5.82 Å². The summed E-state index contributed by atoms with van der Waals surface area (Å²) < 4.78 is 14.9. The molecule has 0 unspecified atom stereocenters. The summed E-state index contributed by atoms with van der Waals surface area (Å²) in [6.45, 7) is 0.373. The van der Waals surface area contributed by atoms with Crippen LogP contribution in [0.15, 0.2) is 46.9 Å². The summed E-state index contributed by atoms with van der Waals surface area (Å²) in [6.07, 6.45) is 1.97. The minimum Gasteiger partial charge on any atom is -0.352 e. The van der Waals surface area contributed by atoms with Gasteiger partial charge in [-0.2, -0.15) is 0 Å². The molecule has 4 nitrogen and oxygen atoms in total. The SMILES string of the molecule is O=C(NCCC(=O)N(Cc1c(F)cccc1Cl)C1CC1)c1ccc(Br)cc1. The Labute approximate surface area is 170 Å². The number of hydrogen-bond donors (Lipinski definition) is 1. The molecule has 0 aromatic heterocycles. The number of halogens is 3. The second-order valence-corrected chi connectivity index (χ2v) is 7.79. The largest absolute Gasteiger partial charge is 0.352 e. The molecule has 7 heteroatoms. The Morgan fingerprint density at radius 2 is 1.89 bits per heavy atom. The highest BCUT2D eigenvalue weighted by Crippen LogP contribution is 2.31. The fraction of sp³-hybridized carbons (Fsp3) is 0.300. The van der Waals surface area contributed by atoms with Crippen LogP contribution in [-0.4, -0.2) is 29.3 Å². The van der Waals surface area contributed by atoms with Crippen molar-refractivity contribution in [2.75, 3.05) is 6.54 Å². The lowest BCUT2D eigenvalue weighted by Crippen LogP contribution is -2.36. The van der Waals surface area contributed by atoms with Crippen LogP contribution >= 0.6 is 27.5 Å². The Kier molecular flexibility index (Phi) is 6.50. The molecule has 0 bridgehead atoms. The lowest BCUT2D eigenvalue weighted by atomic mass is 10.2. The number of benzene rings is 2. The molecule has 3 rings (SSSR count). The smallest absolute Gasteiger partial charge is 0.251 e. The molecule has 0 heterocycles. The molecule has 0 saturated heterocycles. The van der Waals surface area contributed by atoms with E-state index in [1.54, 1.807) is 41.3 Å². The summed E-state index contributed by atoms with van der Waals surface area (Å²) in [5, 5.41) is 3.06. The van der Waals surface area contributed by atoms with Crippen LogP contribution in [0.1, 0.15) is 35.2 Å². The van der Waals surface area contributed by atoms with Gasteiger partial charge >= 0.3 is 0 Å². The van der Waals surface area contributed by atoms with E-state index < -0.39 is 5.82 Å². The van der Waals surface area contributed by atoms with Crippen molar-refractivity contribution >= 4 is 39.3 Å². The van der Waals surface area contributed by atoms with E-state index in [1.807, 2.05) is 0 Å². The monoisotopic (exact) mass is 452 g/mol. The van der Waals surface area contributed by atoms with Crippen molar-refractivity contribution < 1.29 is 14.0 Å². The average molecular weight is 454 g/mol. The molecule has 2 amide bonds. The highest BCUT2D eigenvalue weighted by atomic mass is 79.9. The third kappa shape index (κ3) is 5.30. The number of nitrogens with one attached hydrogen (secondary N) is 1. The number of hydrogen-bond acceptors (Lipinski definition) is 2. The Morgan fingerprint density at radius 1 is 1.19 bits per heavy atom. The van der Waals surface area contributed by atoms with E-state index in [4.69, 9.17) is 11.6 Å². The summed E-state index contributed by atoms with van der Waals surface area (Å²) in [7, 11) is 0. The average Bonchev–Trinajstić information content (AvgIpc) is 3.47. The van der Waals surface area contributed by atoms with Crippen molar-refractivity contribution in [3.63, 3.8) is 0 Å². The van der Waals surface area contributed by atoms with E-state index >= 15 is 0 Å². The Morgan fingerprint density at radius 3 is 2.52 bits per heavy atom. The summed E-state index contributed by atoms with van der Waals surface area (Å²) in [4.78, 5) is 26.4. The van der Waals surface area contributed by atoms with Gasteiger partial charge in [-0.3, -0.25) is 9.59 Å². The van der Waals surface area contributed by atoms with Gasteiger partial charge in [-0.25, -0.2) is 4.39 Å². The van der Waals surface area contributed by atoms with Gasteiger partial charge < -0.3 is 10.2 Å². The topological polar surface area (TPSA) is 49.4 Å². The second kappa shape index (κ2) is 8.85. The van der Waals surface area contributed by atoms with Gasteiger partial charge in [0.15, 0.2) is 0 Å². The third-order valence-corrected chi connectivity index (χ3v) is 5.31. The van der Waals surface area contributed by atoms with Crippen molar-refractivity contribution in [1.29, 1.82) is 0 Å². The first-order chi connectivity index (χ1) is 13.0. The van der Waals surface area contributed by atoms with Gasteiger partial charge in [0.2, 0.25) is 5.91 Å². The van der Waals surface area contributed by atoms with E-state index in [0.717, 1.165) is 17.3 Å². The van der Waals surface area contributed by atoms with Crippen LogP contribution in [0.3, 0.4) is 0 Å². The van der Waals surface area contributed by atoms with E-state index in [9.17, 15) is 14.0 Å². The Bertz CT molecular complexity index is 820. The van der Waals surface area contributed by atoms with Gasteiger partial charge in [0.05, 0.1) is 6.54 Å². The van der Waals surface area contributed by atoms with Crippen molar-refractivity contribution in [2.24, 2.45) is 0 Å². The molecule has 1 aliphatic rings. The first kappa shape index (κ1) is 19.8. The van der Waals surface area contributed by atoms with E-state index in [0.29, 0.717) is 16.1 Å². The fourth-order valence-corrected chi connectivity index (χ4v) is 3.28. The molecular formula is C20H19BrClFN2O2. The normalized spacial score (nSPS) is 13.3. The van der Waals surface area contributed by atoms with Gasteiger partial charge in [-0.15, -0.1) is 0 Å². The molecule has 1 aliphatic carbocycles. The van der Waals surface area contributed by atoms with Gasteiger partial charge in [-0.1, -0.05) is 33.6 Å². The zero-order valence-corrected chi connectivity index (χ0v) is 16.9. The summed E-state index contributed by atoms with van der Waals surface area (Å²) >= 11 is 9.41. The molecule has 0 radical (unpaired) electrons.